The molecule has 0 bridgehead atoms. The zero-order valence-corrected chi connectivity index (χ0v) is 16.0. The lowest BCUT2D eigenvalue weighted by Gasteiger charge is -2.16. The fraction of sp³-hybridized carbons (Fsp3) is 0.167. The molecule has 9 nitrogen and oxygen atoms in total. The second-order valence-corrected chi connectivity index (χ2v) is 6.55. The van der Waals surface area contributed by atoms with E-state index in [4.69, 9.17) is 10.5 Å². The number of nitrogens with one attached hydrogen (secondary N) is 1. The topological polar surface area (TPSA) is 123 Å². The molecule has 0 aliphatic rings. The van der Waals surface area contributed by atoms with Gasteiger partial charge in [-0.25, -0.2) is 9.78 Å². The van der Waals surface area contributed by atoms with Crippen LogP contribution in [0.3, 0.4) is 0 Å². The summed E-state index contributed by atoms with van der Waals surface area (Å²) < 4.78 is 9.92. The summed E-state index contributed by atoms with van der Waals surface area (Å²) in [5, 5.41) is 2.84. The molecular weight excluding hydrogens is 380 g/mol. The van der Waals surface area contributed by atoms with Crippen molar-refractivity contribution in [1.29, 1.82) is 0 Å². The Morgan fingerprint density at radius 2 is 2.07 bits per heavy atom. The van der Waals surface area contributed by atoms with Gasteiger partial charge in [-0.3, -0.25) is 20.0 Å². The number of carbonyl (C=O) groups is 2. The second-order valence-electron chi connectivity index (χ2n) is 5.78. The average molecular weight is 398 g/mol. The number of nitrogens with two attached hydrogens (primary N) is 1. The minimum absolute atomic E-state index is 0.0171. The van der Waals surface area contributed by atoms with E-state index in [0.29, 0.717) is 5.82 Å². The highest BCUT2D eigenvalue weighted by molar-refractivity contribution is 7.11. The average Bonchev–Trinajstić information content (AvgIpc) is 3.10. The Kier molecular flexibility index (Phi) is 5.80. The number of rotatable bonds is 6. The number of anilines is 2. The third kappa shape index (κ3) is 4.23. The van der Waals surface area contributed by atoms with E-state index >= 15 is 0 Å². The smallest absolute Gasteiger partial charge is 0.327 e. The summed E-state index contributed by atoms with van der Waals surface area (Å²) in [4.78, 5) is 33.9. The number of hydrogen-bond donors (Lipinski definition) is 2. The van der Waals surface area contributed by atoms with Crippen molar-refractivity contribution >= 4 is 34.3 Å². The maximum atomic E-state index is 12.5. The molecule has 3 heterocycles. The first-order chi connectivity index (χ1) is 13.5. The summed E-state index contributed by atoms with van der Waals surface area (Å²) in [5.41, 5.74) is 6.32. The molecule has 1 atom stereocenters. The van der Waals surface area contributed by atoms with Gasteiger partial charge in [0.1, 0.15) is 22.5 Å². The Morgan fingerprint density at radius 1 is 1.25 bits per heavy atom. The Labute approximate surface area is 165 Å². The molecule has 144 valence electrons. The molecular formula is C18H18N6O3S. The first-order valence-electron chi connectivity index (χ1n) is 8.29. The number of hydrogen-bond acceptors (Lipinski definition) is 7. The van der Waals surface area contributed by atoms with E-state index in [1.54, 1.807) is 56.8 Å². The number of amides is 3. The molecule has 0 aliphatic heterocycles. The highest BCUT2D eigenvalue weighted by Crippen LogP contribution is 2.33. The van der Waals surface area contributed by atoms with Crippen LogP contribution in [0.15, 0.2) is 48.9 Å². The van der Waals surface area contributed by atoms with Crippen LogP contribution in [-0.4, -0.2) is 33.3 Å². The number of pyridine rings is 2. The summed E-state index contributed by atoms with van der Waals surface area (Å²) in [6, 6.07) is 8.33. The minimum Gasteiger partial charge on any atom is -0.468 e. The summed E-state index contributed by atoms with van der Waals surface area (Å²) in [7, 11) is 1.56. The largest absolute Gasteiger partial charge is 0.468 e. The van der Waals surface area contributed by atoms with E-state index in [-0.39, 0.29) is 16.4 Å². The Bertz CT molecular complexity index is 964. The number of aromatic nitrogens is 3. The molecule has 0 saturated heterocycles. The van der Waals surface area contributed by atoms with Crippen LogP contribution >= 0.6 is 11.5 Å². The van der Waals surface area contributed by atoms with Crippen molar-refractivity contribution in [1.82, 2.24) is 14.3 Å². The fourth-order valence-electron chi connectivity index (χ4n) is 2.35. The van der Waals surface area contributed by atoms with Crippen LogP contribution < -0.4 is 20.7 Å². The maximum Gasteiger partial charge on any atom is 0.327 e. The van der Waals surface area contributed by atoms with Gasteiger partial charge in [-0.2, -0.15) is 4.37 Å². The zero-order valence-electron chi connectivity index (χ0n) is 15.2. The van der Waals surface area contributed by atoms with E-state index in [2.05, 4.69) is 19.7 Å². The van der Waals surface area contributed by atoms with E-state index in [1.165, 1.54) is 4.90 Å². The van der Waals surface area contributed by atoms with Crippen molar-refractivity contribution in [3.05, 3.63) is 60.0 Å². The molecule has 3 rings (SSSR count). The highest BCUT2D eigenvalue weighted by Gasteiger charge is 2.25. The van der Waals surface area contributed by atoms with Gasteiger partial charge in [0.15, 0.2) is 0 Å². The van der Waals surface area contributed by atoms with Crippen molar-refractivity contribution in [3.63, 3.8) is 0 Å². The van der Waals surface area contributed by atoms with Crippen LogP contribution in [0.4, 0.5) is 15.6 Å². The zero-order chi connectivity index (χ0) is 20.1. The molecule has 10 heteroatoms. The van der Waals surface area contributed by atoms with E-state index in [1.807, 2.05) is 6.07 Å². The van der Waals surface area contributed by atoms with Crippen LogP contribution in [0.5, 0.6) is 5.88 Å². The van der Waals surface area contributed by atoms with Gasteiger partial charge in [-0.05, 0) is 36.7 Å². The molecule has 0 aromatic carbocycles. The van der Waals surface area contributed by atoms with Crippen LogP contribution in [0.1, 0.15) is 28.9 Å². The molecule has 1 unspecified atom stereocenters. The summed E-state index contributed by atoms with van der Waals surface area (Å²) in [6.07, 6.45) is 4.48. The molecule has 3 amide bonds. The van der Waals surface area contributed by atoms with E-state index in [9.17, 15) is 9.59 Å². The van der Waals surface area contributed by atoms with Gasteiger partial charge in [0.25, 0.3) is 5.91 Å². The fourth-order valence-corrected chi connectivity index (χ4v) is 3.07. The normalized spacial score (nSPS) is 11.5. The van der Waals surface area contributed by atoms with Gasteiger partial charge in [-0.1, -0.05) is 12.1 Å². The lowest BCUT2D eigenvalue weighted by molar-refractivity contribution is 0.0994. The van der Waals surface area contributed by atoms with Gasteiger partial charge < -0.3 is 10.5 Å². The van der Waals surface area contributed by atoms with Crippen LogP contribution in [0.25, 0.3) is 0 Å². The second kappa shape index (κ2) is 8.44. The number of urea groups is 1. The van der Waals surface area contributed by atoms with Crippen LogP contribution in [-0.2, 0) is 0 Å². The lowest BCUT2D eigenvalue weighted by atomic mass is 10.2. The molecule has 3 aromatic rings. The lowest BCUT2D eigenvalue weighted by Crippen LogP contribution is -2.32. The van der Waals surface area contributed by atoms with Crippen molar-refractivity contribution in [3.8, 4) is 5.88 Å². The number of ether oxygens (including phenoxy) is 1. The van der Waals surface area contributed by atoms with Crippen LogP contribution in [0, 0.1) is 0 Å². The number of carbonyl (C=O) groups excluding carboxylic acids is 2. The van der Waals surface area contributed by atoms with Gasteiger partial charge >= 0.3 is 6.03 Å². The molecule has 3 N–H and O–H groups in total. The quantitative estimate of drug-likeness (QED) is 0.658. The van der Waals surface area contributed by atoms with Crippen molar-refractivity contribution in [2.75, 3.05) is 17.3 Å². The number of nitrogens with zero attached hydrogens (tertiary/aromatic N) is 4. The number of primary amides is 1. The SMILES string of the molecule is CC(Oc1nsc(NC(=O)N(C)c2ccccn2)c1C(N)=O)c1cccnc1. The summed E-state index contributed by atoms with van der Waals surface area (Å²) in [5.74, 6) is -0.241. The van der Waals surface area contributed by atoms with Crippen LogP contribution in [0.2, 0.25) is 0 Å². The third-order valence-electron chi connectivity index (χ3n) is 3.87. The molecule has 3 aromatic heterocycles. The molecule has 0 spiro atoms. The Balaban J connectivity index is 1.79. The highest BCUT2D eigenvalue weighted by atomic mass is 32.1. The summed E-state index contributed by atoms with van der Waals surface area (Å²) >= 11 is 0.912. The van der Waals surface area contributed by atoms with Crippen molar-refractivity contribution in [2.45, 2.75) is 13.0 Å². The molecule has 28 heavy (non-hydrogen) atoms. The van der Waals surface area contributed by atoms with Crippen molar-refractivity contribution < 1.29 is 14.3 Å². The predicted octanol–water partition coefficient (Wildman–Crippen LogP) is 2.84. The maximum absolute atomic E-state index is 12.5. The summed E-state index contributed by atoms with van der Waals surface area (Å²) in [6.45, 7) is 1.80. The first-order valence-corrected chi connectivity index (χ1v) is 9.06. The van der Waals surface area contributed by atoms with Gasteiger partial charge in [0, 0.05) is 31.2 Å². The molecule has 0 saturated carbocycles. The molecule has 0 fully saturated rings. The van der Waals surface area contributed by atoms with Gasteiger partial charge in [0.05, 0.1) is 0 Å². The predicted molar refractivity (Wildman–Crippen MR) is 106 cm³/mol. The van der Waals surface area contributed by atoms with Gasteiger partial charge in [-0.15, -0.1) is 0 Å². The first kappa shape index (κ1) is 19.2. The molecule has 0 radical (unpaired) electrons. The van der Waals surface area contributed by atoms with Gasteiger partial charge in [0.2, 0.25) is 5.88 Å². The minimum atomic E-state index is -0.752. The Morgan fingerprint density at radius 3 is 2.71 bits per heavy atom. The Hall–Kier alpha value is -3.53. The molecule has 0 aliphatic carbocycles. The van der Waals surface area contributed by atoms with E-state index in [0.717, 1.165) is 17.1 Å². The standard InChI is InChI=1S/C18H18N6O3S/c1-11(12-6-5-8-20-10-12)27-16-14(15(19)25)17(28-23-16)22-18(26)24(2)13-7-3-4-9-21-13/h3-11H,1-2H3,(H2,19,25)(H,22,26). The third-order valence-corrected chi connectivity index (χ3v) is 4.61. The van der Waals surface area contributed by atoms with Crippen molar-refractivity contribution in [2.24, 2.45) is 5.73 Å². The monoisotopic (exact) mass is 398 g/mol. The van der Waals surface area contributed by atoms with E-state index < -0.39 is 18.0 Å².